The Labute approximate surface area is 61.0 Å². The second-order valence-corrected chi connectivity index (χ2v) is 2.41. The Morgan fingerprint density at radius 3 is 1.57 bits per heavy atom. The third-order valence-electron chi connectivity index (χ3n) is 0.677. The Morgan fingerprint density at radius 1 is 1.43 bits per heavy atom. The van der Waals surface area contributed by atoms with Crippen LogP contribution in [0.4, 0.5) is 0 Å². The van der Waals surface area contributed by atoms with Crippen molar-refractivity contribution in [2.24, 2.45) is 5.41 Å². The number of hydrogen-bond acceptors (Lipinski definition) is 0. The summed E-state index contributed by atoms with van der Waals surface area (Å²) < 4.78 is 0. The minimum atomic E-state index is 0. The zero-order valence-corrected chi connectivity index (χ0v) is 7.96. The van der Waals surface area contributed by atoms with Gasteiger partial charge in [-0.05, 0) is 0 Å². The molecule has 0 saturated carbocycles. The molecule has 0 heterocycles. The molecule has 0 aliphatic carbocycles. The van der Waals surface area contributed by atoms with Gasteiger partial charge in [0.2, 0.25) is 0 Å². The predicted octanol–water partition coefficient (Wildman–Crippen LogP) is 2.07. The molecular weight excluding hydrogens is 256 g/mol. The summed E-state index contributed by atoms with van der Waals surface area (Å²) in [5.41, 5.74) is 0.181. The Balaban J connectivity index is 0. The van der Waals surface area contributed by atoms with E-state index in [2.05, 4.69) is 27.7 Å². The maximum absolute atomic E-state index is 3.83. The number of hydrogen-bond donors (Lipinski definition) is 0. The SMILES string of the molecule is [CH2-]CC([CH2-])(C)C.[W+2]. The van der Waals surface area contributed by atoms with Crippen LogP contribution in [-0.2, 0) is 21.1 Å². The predicted molar refractivity (Wildman–Crippen MR) is 29.1 cm³/mol. The average molecular weight is 268 g/mol. The van der Waals surface area contributed by atoms with E-state index >= 15 is 0 Å². The second kappa shape index (κ2) is 3.66. The Kier molecular flexibility index (Phi) is 5.56. The van der Waals surface area contributed by atoms with Crippen molar-refractivity contribution < 1.29 is 21.1 Å². The minimum absolute atomic E-state index is 0. The van der Waals surface area contributed by atoms with Gasteiger partial charge in [0.1, 0.15) is 0 Å². The van der Waals surface area contributed by atoms with E-state index in [-0.39, 0.29) is 26.5 Å². The molecule has 0 aromatic rings. The van der Waals surface area contributed by atoms with Crippen LogP contribution in [0.3, 0.4) is 0 Å². The Bertz CT molecular complexity index is 33.9. The van der Waals surface area contributed by atoms with Gasteiger partial charge < -0.3 is 13.8 Å². The van der Waals surface area contributed by atoms with Gasteiger partial charge in [-0.3, -0.25) is 0 Å². The van der Waals surface area contributed by atoms with Gasteiger partial charge in [0.25, 0.3) is 0 Å². The molecule has 0 bridgehead atoms. The van der Waals surface area contributed by atoms with Crippen molar-refractivity contribution >= 4 is 0 Å². The quantitative estimate of drug-likeness (QED) is 0.638. The first-order valence-electron chi connectivity index (χ1n) is 2.21. The fraction of sp³-hybridized carbons (Fsp3) is 0.667. The number of rotatable bonds is 1. The molecule has 0 aliphatic rings. The molecule has 0 amide bonds. The van der Waals surface area contributed by atoms with Crippen molar-refractivity contribution in [1.82, 2.24) is 0 Å². The summed E-state index contributed by atoms with van der Waals surface area (Å²) in [5, 5.41) is 0. The Hall–Kier alpha value is 0.688. The molecular formula is C6H12W. The van der Waals surface area contributed by atoms with Gasteiger partial charge in [-0.1, -0.05) is 13.8 Å². The van der Waals surface area contributed by atoms with Crippen molar-refractivity contribution in [1.29, 1.82) is 0 Å². The van der Waals surface area contributed by atoms with Crippen LogP contribution in [0.2, 0.25) is 0 Å². The zero-order chi connectivity index (χ0) is 5.21. The molecule has 0 radical (unpaired) electrons. The Morgan fingerprint density at radius 2 is 1.57 bits per heavy atom. The van der Waals surface area contributed by atoms with Crippen LogP contribution in [-0.4, -0.2) is 0 Å². The normalized spacial score (nSPS) is 10.3. The van der Waals surface area contributed by atoms with Crippen LogP contribution >= 0.6 is 0 Å². The molecule has 0 saturated heterocycles. The molecule has 0 aliphatic heterocycles. The molecule has 42 valence electrons. The van der Waals surface area contributed by atoms with E-state index in [4.69, 9.17) is 0 Å². The molecule has 0 atom stereocenters. The van der Waals surface area contributed by atoms with E-state index < -0.39 is 0 Å². The maximum atomic E-state index is 3.83. The summed E-state index contributed by atoms with van der Waals surface area (Å²) in [5.74, 6) is 0. The van der Waals surface area contributed by atoms with Crippen LogP contribution in [0.5, 0.6) is 0 Å². The van der Waals surface area contributed by atoms with E-state index in [1.807, 2.05) is 0 Å². The van der Waals surface area contributed by atoms with Gasteiger partial charge >= 0.3 is 21.1 Å². The summed E-state index contributed by atoms with van der Waals surface area (Å²) in [6.07, 6.45) is 0.910. The van der Waals surface area contributed by atoms with Crippen molar-refractivity contribution in [3.8, 4) is 0 Å². The van der Waals surface area contributed by atoms with Gasteiger partial charge in [-0.25, -0.2) is 6.42 Å². The molecule has 1 heteroatoms. The first-order chi connectivity index (χ1) is 2.56. The van der Waals surface area contributed by atoms with Crippen molar-refractivity contribution in [3.05, 3.63) is 13.8 Å². The molecule has 0 fully saturated rings. The van der Waals surface area contributed by atoms with Crippen LogP contribution < -0.4 is 0 Å². The molecule has 0 rings (SSSR count). The maximum Gasteiger partial charge on any atom is 2.00 e. The molecule has 0 aromatic carbocycles. The van der Waals surface area contributed by atoms with E-state index in [0.717, 1.165) is 6.42 Å². The topological polar surface area (TPSA) is 0 Å². The second-order valence-electron chi connectivity index (χ2n) is 2.41. The average Bonchev–Trinajstić information content (AvgIpc) is 1.35. The molecule has 0 nitrogen and oxygen atoms in total. The molecule has 0 spiro atoms. The van der Waals surface area contributed by atoms with Gasteiger partial charge in [0, 0.05) is 0 Å². The van der Waals surface area contributed by atoms with Crippen molar-refractivity contribution in [2.45, 2.75) is 20.3 Å². The fourth-order valence-corrected chi connectivity index (χ4v) is 0. The van der Waals surface area contributed by atoms with Gasteiger partial charge in [0.15, 0.2) is 0 Å². The van der Waals surface area contributed by atoms with Gasteiger partial charge in [0.05, 0.1) is 0 Å². The first-order valence-corrected chi connectivity index (χ1v) is 2.21. The van der Waals surface area contributed by atoms with E-state index in [1.54, 1.807) is 0 Å². The zero-order valence-electron chi connectivity index (χ0n) is 5.03. The third kappa shape index (κ3) is 10.8. The molecule has 7 heavy (non-hydrogen) atoms. The fourth-order valence-electron chi connectivity index (χ4n) is 0. The standard InChI is InChI=1S/C6H12.W/c1-5-6(2,3)4;/h1-2,5H2,3-4H3;/q-2;+2. The first kappa shape index (κ1) is 10.6. The summed E-state index contributed by atoms with van der Waals surface area (Å²) >= 11 is 0. The van der Waals surface area contributed by atoms with Crippen molar-refractivity contribution in [3.63, 3.8) is 0 Å². The van der Waals surface area contributed by atoms with Crippen molar-refractivity contribution in [2.75, 3.05) is 0 Å². The summed E-state index contributed by atoms with van der Waals surface area (Å²) in [6, 6.07) is 0. The largest absolute Gasteiger partial charge is 2.00 e. The minimum Gasteiger partial charge on any atom is -0.345 e. The molecule has 0 unspecified atom stereocenters. The third-order valence-corrected chi connectivity index (χ3v) is 0.677. The smallest absolute Gasteiger partial charge is 0.345 e. The van der Waals surface area contributed by atoms with Crippen LogP contribution in [0, 0.1) is 19.3 Å². The van der Waals surface area contributed by atoms with Gasteiger partial charge in [-0.2, -0.15) is 5.41 Å². The molecule has 0 N–H and O–H groups in total. The van der Waals surface area contributed by atoms with Crippen LogP contribution in [0.1, 0.15) is 20.3 Å². The monoisotopic (exact) mass is 268 g/mol. The summed E-state index contributed by atoms with van der Waals surface area (Å²) in [4.78, 5) is 0. The van der Waals surface area contributed by atoms with E-state index in [0.29, 0.717) is 0 Å². The van der Waals surface area contributed by atoms with E-state index in [9.17, 15) is 0 Å². The van der Waals surface area contributed by atoms with Crippen LogP contribution in [0.25, 0.3) is 0 Å². The van der Waals surface area contributed by atoms with Crippen LogP contribution in [0.15, 0.2) is 0 Å². The summed E-state index contributed by atoms with van der Waals surface area (Å²) in [6.45, 7) is 11.7. The van der Waals surface area contributed by atoms with E-state index in [1.165, 1.54) is 0 Å². The summed E-state index contributed by atoms with van der Waals surface area (Å²) in [7, 11) is 0. The van der Waals surface area contributed by atoms with Gasteiger partial charge in [-0.15, -0.1) is 0 Å². The molecule has 0 aromatic heterocycles.